The molecule has 0 amide bonds. The van der Waals surface area contributed by atoms with Crippen molar-refractivity contribution in [2.45, 2.75) is 25.3 Å². The minimum atomic E-state index is 0.363. The summed E-state index contributed by atoms with van der Waals surface area (Å²) in [7, 11) is 1.96. The molecule has 0 heterocycles. The molecule has 0 saturated heterocycles. The fourth-order valence-electron chi connectivity index (χ4n) is 1.64. The first-order valence-electron chi connectivity index (χ1n) is 4.95. The Balaban J connectivity index is 2.73. The van der Waals surface area contributed by atoms with Crippen LogP contribution in [0.3, 0.4) is 0 Å². The molecule has 1 nitrogen and oxygen atoms in total. The van der Waals surface area contributed by atoms with Gasteiger partial charge in [-0.1, -0.05) is 37.3 Å². The summed E-state index contributed by atoms with van der Waals surface area (Å²) in [6, 6.07) is 10.8. The maximum absolute atomic E-state index is 5.33. The van der Waals surface area contributed by atoms with Crippen LogP contribution in [-0.4, -0.2) is 13.1 Å². The van der Waals surface area contributed by atoms with E-state index in [0.29, 0.717) is 12.0 Å². The lowest BCUT2D eigenvalue weighted by molar-refractivity contribution is 0.496. The molecular weight excluding hydrogens is 170 g/mol. The molecule has 1 aromatic rings. The Labute approximate surface area is 86.5 Å². The maximum atomic E-state index is 5.33. The van der Waals surface area contributed by atoms with Crippen LogP contribution in [0, 0.1) is 12.3 Å². The Kier molecular flexibility index (Phi) is 4.22. The summed E-state index contributed by atoms with van der Waals surface area (Å²) < 4.78 is 0. The molecule has 2 atom stereocenters. The van der Waals surface area contributed by atoms with Crippen molar-refractivity contribution in [3.05, 3.63) is 35.9 Å². The highest BCUT2D eigenvalue weighted by molar-refractivity contribution is 5.21. The lowest BCUT2D eigenvalue weighted by atomic mass is 9.92. The van der Waals surface area contributed by atoms with Crippen LogP contribution in [0.5, 0.6) is 0 Å². The predicted molar refractivity (Wildman–Crippen MR) is 61.2 cm³/mol. The smallest absolute Gasteiger partial charge is 0.0246 e. The number of rotatable bonds is 4. The summed E-state index contributed by atoms with van der Waals surface area (Å²) in [4.78, 5) is 0. The quantitative estimate of drug-likeness (QED) is 0.714. The van der Waals surface area contributed by atoms with Crippen molar-refractivity contribution < 1.29 is 0 Å². The number of hydrogen-bond donors (Lipinski definition) is 1. The van der Waals surface area contributed by atoms with Gasteiger partial charge >= 0.3 is 0 Å². The van der Waals surface area contributed by atoms with Crippen LogP contribution in [0.2, 0.25) is 0 Å². The van der Waals surface area contributed by atoms with E-state index in [1.807, 2.05) is 13.1 Å². The van der Waals surface area contributed by atoms with Gasteiger partial charge in [0.1, 0.15) is 0 Å². The van der Waals surface area contributed by atoms with E-state index in [9.17, 15) is 0 Å². The van der Waals surface area contributed by atoms with Gasteiger partial charge in [0.25, 0.3) is 0 Å². The van der Waals surface area contributed by atoms with Crippen molar-refractivity contribution in [1.82, 2.24) is 5.32 Å². The van der Waals surface area contributed by atoms with E-state index in [4.69, 9.17) is 6.42 Å². The van der Waals surface area contributed by atoms with E-state index >= 15 is 0 Å². The molecule has 0 bridgehead atoms. The molecular formula is C13H17N. The minimum absolute atomic E-state index is 0.363. The van der Waals surface area contributed by atoms with Gasteiger partial charge in [0.2, 0.25) is 0 Å². The lowest BCUT2D eigenvalue weighted by Gasteiger charge is -2.21. The van der Waals surface area contributed by atoms with Crippen LogP contribution in [0.1, 0.15) is 24.8 Å². The summed E-state index contributed by atoms with van der Waals surface area (Å²) in [5.74, 6) is 3.16. The second-order valence-electron chi connectivity index (χ2n) is 3.50. The predicted octanol–water partition coefficient (Wildman–Crippen LogP) is 2.40. The highest BCUT2D eigenvalue weighted by Crippen LogP contribution is 2.20. The van der Waals surface area contributed by atoms with Crippen molar-refractivity contribution in [3.8, 4) is 12.3 Å². The molecule has 1 N–H and O–H groups in total. The van der Waals surface area contributed by atoms with Crippen molar-refractivity contribution in [1.29, 1.82) is 0 Å². The molecule has 0 aliphatic carbocycles. The first-order chi connectivity index (χ1) is 6.79. The molecule has 74 valence electrons. The molecule has 0 aromatic heterocycles. The minimum Gasteiger partial charge on any atom is -0.315 e. The zero-order valence-corrected chi connectivity index (χ0v) is 8.83. The van der Waals surface area contributed by atoms with Gasteiger partial charge in [-0.3, -0.25) is 0 Å². The number of nitrogens with one attached hydrogen (secondary N) is 1. The van der Waals surface area contributed by atoms with E-state index in [1.165, 1.54) is 5.56 Å². The Hall–Kier alpha value is -1.26. The van der Waals surface area contributed by atoms with Gasteiger partial charge in [-0.15, -0.1) is 12.3 Å². The lowest BCUT2D eigenvalue weighted by Crippen LogP contribution is -2.30. The van der Waals surface area contributed by atoms with Gasteiger partial charge in [-0.05, 0) is 18.5 Å². The topological polar surface area (TPSA) is 12.0 Å². The van der Waals surface area contributed by atoms with Crippen LogP contribution >= 0.6 is 0 Å². The summed E-state index contributed by atoms with van der Waals surface area (Å²) in [6.07, 6.45) is 6.10. The van der Waals surface area contributed by atoms with E-state index in [1.54, 1.807) is 0 Å². The van der Waals surface area contributed by atoms with Gasteiger partial charge in [-0.2, -0.15) is 0 Å². The van der Waals surface area contributed by atoms with Crippen molar-refractivity contribution >= 4 is 0 Å². The Morgan fingerprint density at radius 3 is 2.50 bits per heavy atom. The second kappa shape index (κ2) is 5.47. The molecule has 14 heavy (non-hydrogen) atoms. The number of hydrogen-bond acceptors (Lipinski definition) is 1. The molecule has 0 saturated carbocycles. The normalized spacial score (nSPS) is 14.4. The van der Waals surface area contributed by atoms with Gasteiger partial charge in [0.05, 0.1) is 0 Å². The van der Waals surface area contributed by atoms with E-state index < -0.39 is 0 Å². The van der Waals surface area contributed by atoms with Gasteiger partial charge < -0.3 is 5.32 Å². The molecule has 0 aliphatic rings. The zero-order chi connectivity index (χ0) is 10.4. The Morgan fingerprint density at radius 2 is 2.00 bits per heavy atom. The molecule has 1 rings (SSSR count). The van der Waals surface area contributed by atoms with Crippen LogP contribution in [0.25, 0.3) is 0 Å². The van der Waals surface area contributed by atoms with Crippen molar-refractivity contribution in [3.63, 3.8) is 0 Å². The van der Waals surface area contributed by atoms with Gasteiger partial charge in [0, 0.05) is 12.5 Å². The Morgan fingerprint density at radius 1 is 1.36 bits per heavy atom. The fraction of sp³-hybridized carbons (Fsp3) is 0.385. The van der Waals surface area contributed by atoms with Gasteiger partial charge in [0.15, 0.2) is 0 Å². The molecule has 0 aliphatic heterocycles. The molecule has 2 unspecified atom stereocenters. The largest absolute Gasteiger partial charge is 0.315 e. The molecule has 0 fully saturated rings. The number of terminal acetylenes is 1. The zero-order valence-electron chi connectivity index (χ0n) is 8.83. The summed E-state index contributed by atoms with van der Waals surface area (Å²) in [6.45, 7) is 2.20. The first kappa shape index (κ1) is 10.8. The highest BCUT2D eigenvalue weighted by Gasteiger charge is 2.15. The van der Waals surface area contributed by atoms with Crippen LogP contribution < -0.4 is 5.32 Å². The molecule has 0 radical (unpaired) electrons. The summed E-state index contributed by atoms with van der Waals surface area (Å²) in [5, 5.41) is 3.26. The number of benzene rings is 1. The van der Waals surface area contributed by atoms with Crippen LogP contribution in [0.4, 0.5) is 0 Å². The van der Waals surface area contributed by atoms with Crippen molar-refractivity contribution in [2.75, 3.05) is 7.05 Å². The standard InChI is InChI=1S/C13H17N/c1-4-8-13(14-3)11(2)12-9-6-5-7-10-12/h1,5-7,9-11,13-14H,8H2,2-3H3. The Bertz CT molecular complexity index is 297. The maximum Gasteiger partial charge on any atom is 0.0246 e. The average Bonchev–Trinajstić information content (AvgIpc) is 2.26. The third-order valence-corrected chi connectivity index (χ3v) is 2.64. The van der Waals surface area contributed by atoms with Crippen LogP contribution in [-0.2, 0) is 0 Å². The van der Waals surface area contributed by atoms with E-state index in [0.717, 1.165) is 6.42 Å². The van der Waals surface area contributed by atoms with Crippen LogP contribution in [0.15, 0.2) is 30.3 Å². The third-order valence-electron chi connectivity index (χ3n) is 2.64. The summed E-state index contributed by atoms with van der Waals surface area (Å²) in [5.41, 5.74) is 1.34. The highest BCUT2D eigenvalue weighted by atomic mass is 14.9. The first-order valence-corrected chi connectivity index (χ1v) is 4.95. The molecule has 0 spiro atoms. The van der Waals surface area contributed by atoms with E-state index in [-0.39, 0.29) is 0 Å². The average molecular weight is 187 g/mol. The summed E-state index contributed by atoms with van der Waals surface area (Å²) >= 11 is 0. The van der Waals surface area contributed by atoms with E-state index in [2.05, 4.69) is 42.4 Å². The monoisotopic (exact) mass is 187 g/mol. The second-order valence-corrected chi connectivity index (χ2v) is 3.50. The SMILES string of the molecule is C#CCC(NC)C(C)c1ccccc1. The third kappa shape index (κ3) is 2.61. The number of likely N-dealkylation sites (N-methyl/N-ethyl adjacent to an activating group) is 1. The molecule has 1 aromatic carbocycles. The van der Waals surface area contributed by atoms with Gasteiger partial charge in [-0.25, -0.2) is 0 Å². The fourth-order valence-corrected chi connectivity index (χ4v) is 1.64. The molecule has 1 heteroatoms. The van der Waals surface area contributed by atoms with Crippen molar-refractivity contribution in [2.24, 2.45) is 0 Å².